The predicted molar refractivity (Wildman–Crippen MR) is 80.5 cm³/mol. The number of aryl methyl sites for hydroxylation is 2. The lowest BCUT2D eigenvalue weighted by atomic mass is 10.1. The molecule has 0 atom stereocenters. The molecule has 0 saturated heterocycles. The number of rotatable bonds is 5. The molecule has 0 amide bonds. The Hall–Kier alpha value is -2.37. The van der Waals surface area contributed by atoms with Gasteiger partial charge in [-0.15, -0.1) is 0 Å². The van der Waals surface area contributed by atoms with E-state index in [9.17, 15) is 0 Å². The minimum Gasteiger partial charge on any atom is -0.370 e. The predicted octanol–water partition coefficient (Wildman–Crippen LogP) is 1.79. The summed E-state index contributed by atoms with van der Waals surface area (Å²) in [4.78, 5) is 8.42. The van der Waals surface area contributed by atoms with E-state index in [1.54, 1.807) is 4.68 Å². The maximum atomic E-state index is 5.87. The molecule has 0 fully saturated rings. The van der Waals surface area contributed by atoms with Crippen LogP contribution in [0.25, 0.3) is 0 Å². The van der Waals surface area contributed by atoms with E-state index >= 15 is 0 Å². The van der Waals surface area contributed by atoms with Gasteiger partial charge >= 0.3 is 0 Å². The second kappa shape index (κ2) is 6.70. The van der Waals surface area contributed by atoms with Crippen LogP contribution in [0, 0.1) is 0 Å². The molecule has 0 aliphatic carbocycles. The summed E-state index contributed by atoms with van der Waals surface area (Å²) >= 11 is 0. The number of aromatic nitrogens is 3. The Morgan fingerprint density at radius 3 is 2.70 bits per heavy atom. The van der Waals surface area contributed by atoms with E-state index in [-0.39, 0.29) is 0 Å². The molecule has 0 bridgehead atoms. The highest BCUT2D eigenvalue weighted by Gasteiger charge is 2.01. The fourth-order valence-electron chi connectivity index (χ4n) is 1.84. The van der Waals surface area contributed by atoms with Crippen molar-refractivity contribution in [3.8, 4) is 0 Å². The van der Waals surface area contributed by atoms with Crippen LogP contribution >= 0.6 is 0 Å². The van der Waals surface area contributed by atoms with Crippen molar-refractivity contribution in [3.63, 3.8) is 0 Å². The number of nitrogens with one attached hydrogen (secondary N) is 1. The highest BCUT2D eigenvalue weighted by atomic mass is 15.3. The quantitative estimate of drug-likeness (QED) is 0.642. The molecule has 0 spiro atoms. The van der Waals surface area contributed by atoms with Gasteiger partial charge in [-0.25, -0.2) is 14.7 Å². The van der Waals surface area contributed by atoms with Crippen LogP contribution in [-0.2, 0) is 19.5 Å². The minimum atomic E-state index is 0.375. The molecular weight excluding hydrogens is 252 g/mol. The second-order valence-electron chi connectivity index (χ2n) is 4.37. The summed E-state index contributed by atoms with van der Waals surface area (Å²) in [5, 5.41) is 7.15. The topological polar surface area (TPSA) is 81.1 Å². The molecular formula is C14H20N6. The van der Waals surface area contributed by atoms with Gasteiger partial charge in [0.05, 0.1) is 0 Å². The van der Waals surface area contributed by atoms with Crippen molar-refractivity contribution in [2.24, 2.45) is 10.7 Å². The van der Waals surface area contributed by atoms with Crippen LogP contribution in [0.15, 0.2) is 35.6 Å². The third-order valence-electron chi connectivity index (χ3n) is 3.02. The molecule has 6 heteroatoms. The number of benzene rings is 1. The molecule has 3 N–H and O–H groups in total. The number of aliphatic imine (C=N–C) groups is 1. The Kier molecular flexibility index (Phi) is 4.70. The van der Waals surface area contributed by atoms with Crippen LogP contribution < -0.4 is 11.1 Å². The number of hydrogen-bond acceptors (Lipinski definition) is 3. The third-order valence-corrected chi connectivity index (χ3v) is 3.02. The summed E-state index contributed by atoms with van der Waals surface area (Å²) in [5.74, 6) is 1.18. The fourth-order valence-corrected chi connectivity index (χ4v) is 1.84. The van der Waals surface area contributed by atoms with Gasteiger partial charge in [-0.05, 0) is 31.0 Å². The van der Waals surface area contributed by atoms with Gasteiger partial charge in [-0.1, -0.05) is 19.1 Å². The van der Waals surface area contributed by atoms with Crippen molar-refractivity contribution in [2.75, 3.05) is 5.32 Å². The summed E-state index contributed by atoms with van der Waals surface area (Å²) in [6, 6.07) is 8.14. The van der Waals surface area contributed by atoms with E-state index in [2.05, 4.69) is 39.4 Å². The molecule has 0 saturated carbocycles. The van der Waals surface area contributed by atoms with Gasteiger partial charge in [0, 0.05) is 12.2 Å². The van der Waals surface area contributed by atoms with Gasteiger partial charge in [0.1, 0.15) is 18.7 Å². The van der Waals surface area contributed by atoms with Crippen molar-refractivity contribution in [3.05, 3.63) is 42.0 Å². The largest absolute Gasteiger partial charge is 0.370 e. The SMILES string of the molecule is CCc1ccc(NC(N)=NCc2ncnn2CC)cc1. The molecule has 0 aliphatic rings. The molecule has 0 unspecified atom stereocenters. The molecule has 0 radical (unpaired) electrons. The Morgan fingerprint density at radius 2 is 2.05 bits per heavy atom. The molecule has 106 valence electrons. The van der Waals surface area contributed by atoms with E-state index < -0.39 is 0 Å². The van der Waals surface area contributed by atoms with Gasteiger partial charge in [-0.2, -0.15) is 5.10 Å². The summed E-state index contributed by atoms with van der Waals surface area (Å²) in [7, 11) is 0. The van der Waals surface area contributed by atoms with Crippen molar-refractivity contribution >= 4 is 11.6 Å². The zero-order valence-electron chi connectivity index (χ0n) is 11.9. The molecule has 2 rings (SSSR count). The Balaban J connectivity index is 1.96. The zero-order chi connectivity index (χ0) is 14.4. The molecule has 1 heterocycles. The van der Waals surface area contributed by atoms with Gasteiger partial charge in [-0.3, -0.25) is 0 Å². The summed E-state index contributed by atoms with van der Waals surface area (Å²) in [6.07, 6.45) is 2.55. The van der Waals surface area contributed by atoms with Crippen LogP contribution in [0.1, 0.15) is 25.2 Å². The number of nitrogens with zero attached hydrogens (tertiary/aromatic N) is 4. The number of guanidine groups is 1. The first kappa shape index (κ1) is 14.0. The highest BCUT2D eigenvalue weighted by molar-refractivity contribution is 5.92. The number of anilines is 1. The van der Waals surface area contributed by atoms with Gasteiger partial charge in [0.25, 0.3) is 0 Å². The summed E-state index contributed by atoms with van der Waals surface area (Å²) < 4.78 is 1.80. The summed E-state index contributed by atoms with van der Waals surface area (Å²) in [5.41, 5.74) is 8.09. The maximum Gasteiger partial charge on any atom is 0.193 e. The second-order valence-corrected chi connectivity index (χ2v) is 4.37. The molecule has 1 aromatic heterocycles. The standard InChI is InChI=1S/C14H20N6/c1-3-11-5-7-12(8-6-11)19-14(15)16-9-13-17-10-18-20(13)4-2/h5-8,10H,3-4,9H2,1-2H3,(H3,15,16,19). The van der Waals surface area contributed by atoms with Gasteiger partial charge in [0.15, 0.2) is 5.96 Å². The number of nitrogens with two attached hydrogens (primary N) is 1. The van der Waals surface area contributed by atoms with Crippen LogP contribution in [0.3, 0.4) is 0 Å². The molecule has 1 aromatic carbocycles. The summed E-state index contributed by atoms with van der Waals surface area (Å²) in [6.45, 7) is 5.33. The van der Waals surface area contributed by atoms with Crippen molar-refractivity contribution in [1.29, 1.82) is 0 Å². The van der Waals surface area contributed by atoms with Crippen LogP contribution in [0.2, 0.25) is 0 Å². The van der Waals surface area contributed by atoms with Crippen molar-refractivity contribution in [2.45, 2.75) is 33.4 Å². The molecule has 2 aromatic rings. The first-order chi connectivity index (χ1) is 9.72. The van der Waals surface area contributed by atoms with Crippen LogP contribution in [0.4, 0.5) is 5.69 Å². The minimum absolute atomic E-state index is 0.375. The molecule has 20 heavy (non-hydrogen) atoms. The Bertz CT molecular complexity index is 570. The monoisotopic (exact) mass is 272 g/mol. The van der Waals surface area contributed by atoms with E-state index in [1.807, 2.05) is 19.1 Å². The van der Waals surface area contributed by atoms with E-state index in [4.69, 9.17) is 5.73 Å². The molecule has 6 nitrogen and oxygen atoms in total. The third kappa shape index (κ3) is 3.57. The van der Waals surface area contributed by atoms with E-state index in [0.717, 1.165) is 24.5 Å². The van der Waals surface area contributed by atoms with Crippen LogP contribution in [0.5, 0.6) is 0 Å². The first-order valence-corrected chi connectivity index (χ1v) is 6.75. The van der Waals surface area contributed by atoms with Crippen LogP contribution in [-0.4, -0.2) is 20.7 Å². The Labute approximate surface area is 118 Å². The Morgan fingerprint density at radius 1 is 1.30 bits per heavy atom. The lowest BCUT2D eigenvalue weighted by molar-refractivity contribution is 0.616. The lowest BCUT2D eigenvalue weighted by Crippen LogP contribution is -2.22. The van der Waals surface area contributed by atoms with Crippen molar-refractivity contribution in [1.82, 2.24) is 14.8 Å². The normalized spacial score (nSPS) is 11.6. The average molecular weight is 272 g/mol. The highest BCUT2D eigenvalue weighted by Crippen LogP contribution is 2.09. The fraction of sp³-hybridized carbons (Fsp3) is 0.357. The zero-order valence-corrected chi connectivity index (χ0v) is 11.9. The number of hydrogen-bond donors (Lipinski definition) is 2. The lowest BCUT2D eigenvalue weighted by Gasteiger charge is -2.06. The molecule has 0 aliphatic heterocycles. The van der Waals surface area contributed by atoms with Gasteiger partial charge < -0.3 is 11.1 Å². The smallest absolute Gasteiger partial charge is 0.193 e. The average Bonchev–Trinajstić information content (AvgIpc) is 2.93. The first-order valence-electron chi connectivity index (χ1n) is 6.75. The maximum absolute atomic E-state index is 5.87. The van der Waals surface area contributed by atoms with Gasteiger partial charge in [0.2, 0.25) is 0 Å². The van der Waals surface area contributed by atoms with E-state index in [0.29, 0.717) is 12.5 Å². The van der Waals surface area contributed by atoms with Crippen molar-refractivity contribution < 1.29 is 0 Å². The van der Waals surface area contributed by atoms with E-state index in [1.165, 1.54) is 11.9 Å².